The molecule has 1 heterocycles. The number of hydrogen-bond donors (Lipinski definition) is 0. The Hall–Kier alpha value is -2.75. The van der Waals surface area contributed by atoms with Gasteiger partial charge >= 0.3 is 5.97 Å². The highest BCUT2D eigenvalue weighted by molar-refractivity contribution is 7.98. The number of ether oxygens (including phenoxy) is 2. The lowest BCUT2D eigenvalue weighted by Crippen LogP contribution is -2.10. The standard InChI is InChI=1S/C20H15NO3S2/c1-23-18-11-14(12-21)8-9-17(18)24-20(22)16-6-2-3-7-19(16)26-13-15-5-4-10-25-15/h2-11H,13H2,1H3. The van der Waals surface area contributed by atoms with Crippen molar-refractivity contribution < 1.29 is 14.3 Å². The minimum atomic E-state index is -0.456. The highest BCUT2D eigenvalue weighted by Crippen LogP contribution is 2.31. The van der Waals surface area contributed by atoms with E-state index in [1.165, 1.54) is 12.0 Å². The Morgan fingerprint density at radius 2 is 2.00 bits per heavy atom. The first-order valence-electron chi connectivity index (χ1n) is 7.76. The van der Waals surface area contributed by atoms with Crippen LogP contribution in [-0.4, -0.2) is 13.1 Å². The molecular weight excluding hydrogens is 366 g/mol. The predicted octanol–water partition coefficient (Wildman–Crippen LogP) is 5.14. The zero-order valence-corrected chi connectivity index (χ0v) is 15.6. The van der Waals surface area contributed by atoms with Gasteiger partial charge in [-0.3, -0.25) is 0 Å². The van der Waals surface area contributed by atoms with Crippen LogP contribution in [0.3, 0.4) is 0 Å². The topological polar surface area (TPSA) is 59.3 Å². The number of nitriles is 1. The molecule has 0 unspecified atom stereocenters. The van der Waals surface area contributed by atoms with Crippen molar-refractivity contribution in [2.45, 2.75) is 10.6 Å². The van der Waals surface area contributed by atoms with Gasteiger partial charge in [0.15, 0.2) is 11.5 Å². The number of carbonyl (C=O) groups is 1. The van der Waals surface area contributed by atoms with Gasteiger partial charge in [-0.25, -0.2) is 4.79 Å². The number of rotatable bonds is 6. The summed E-state index contributed by atoms with van der Waals surface area (Å²) in [5.74, 6) is 0.972. The van der Waals surface area contributed by atoms with Gasteiger partial charge in [-0.15, -0.1) is 23.1 Å². The molecule has 0 amide bonds. The maximum Gasteiger partial charge on any atom is 0.344 e. The smallest absolute Gasteiger partial charge is 0.344 e. The predicted molar refractivity (Wildman–Crippen MR) is 103 cm³/mol. The van der Waals surface area contributed by atoms with Crippen molar-refractivity contribution in [2.75, 3.05) is 7.11 Å². The molecule has 2 aromatic carbocycles. The Morgan fingerprint density at radius 3 is 2.73 bits per heavy atom. The van der Waals surface area contributed by atoms with Crippen molar-refractivity contribution in [3.8, 4) is 17.6 Å². The highest BCUT2D eigenvalue weighted by atomic mass is 32.2. The van der Waals surface area contributed by atoms with Crippen LogP contribution in [-0.2, 0) is 5.75 Å². The van der Waals surface area contributed by atoms with E-state index in [0.29, 0.717) is 16.9 Å². The Kier molecular flexibility index (Phi) is 5.95. The number of thiophene rings is 1. The average molecular weight is 381 g/mol. The number of hydrogen-bond acceptors (Lipinski definition) is 6. The molecule has 4 nitrogen and oxygen atoms in total. The van der Waals surface area contributed by atoms with E-state index in [4.69, 9.17) is 14.7 Å². The van der Waals surface area contributed by atoms with Crippen LogP contribution in [0.4, 0.5) is 0 Å². The second-order valence-electron chi connectivity index (χ2n) is 5.23. The lowest BCUT2D eigenvalue weighted by molar-refractivity contribution is 0.0726. The largest absolute Gasteiger partial charge is 0.493 e. The van der Waals surface area contributed by atoms with Gasteiger partial charge in [0.2, 0.25) is 0 Å². The molecule has 0 atom stereocenters. The maximum atomic E-state index is 12.7. The normalized spacial score (nSPS) is 10.2. The fourth-order valence-corrected chi connectivity index (χ4v) is 4.09. The minimum absolute atomic E-state index is 0.287. The van der Waals surface area contributed by atoms with E-state index in [2.05, 4.69) is 6.07 Å². The molecule has 6 heteroatoms. The van der Waals surface area contributed by atoms with Gasteiger partial charge in [0.05, 0.1) is 24.3 Å². The Balaban J connectivity index is 1.79. The second kappa shape index (κ2) is 8.56. The van der Waals surface area contributed by atoms with Crippen LogP contribution >= 0.6 is 23.1 Å². The molecule has 0 aliphatic rings. The van der Waals surface area contributed by atoms with Crippen molar-refractivity contribution in [1.29, 1.82) is 5.26 Å². The lowest BCUT2D eigenvalue weighted by Gasteiger charge is -2.11. The first-order valence-corrected chi connectivity index (χ1v) is 9.62. The fourth-order valence-electron chi connectivity index (χ4n) is 2.28. The van der Waals surface area contributed by atoms with Crippen LogP contribution < -0.4 is 9.47 Å². The lowest BCUT2D eigenvalue weighted by atomic mass is 10.2. The zero-order valence-electron chi connectivity index (χ0n) is 14.0. The fraction of sp³-hybridized carbons (Fsp3) is 0.100. The number of thioether (sulfide) groups is 1. The first kappa shape index (κ1) is 18.1. The number of benzene rings is 2. The van der Waals surface area contributed by atoms with Gasteiger partial charge < -0.3 is 9.47 Å². The molecule has 130 valence electrons. The minimum Gasteiger partial charge on any atom is -0.493 e. The molecule has 0 fully saturated rings. The van der Waals surface area contributed by atoms with Gasteiger partial charge in [0, 0.05) is 21.6 Å². The van der Waals surface area contributed by atoms with Crippen LogP contribution in [0.1, 0.15) is 20.8 Å². The van der Waals surface area contributed by atoms with Crippen molar-refractivity contribution >= 4 is 29.1 Å². The van der Waals surface area contributed by atoms with Gasteiger partial charge in [0.25, 0.3) is 0 Å². The van der Waals surface area contributed by atoms with Gasteiger partial charge in [-0.2, -0.15) is 5.26 Å². The Labute approximate surface area is 160 Å². The van der Waals surface area contributed by atoms with E-state index in [1.54, 1.807) is 47.4 Å². The monoisotopic (exact) mass is 381 g/mol. The molecule has 26 heavy (non-hydrogen) atoms. The van der Waals surface area contributed by atoms with Crippen LogP contribution in [0, 0.1) is 11.3 Å². The van der Waals surface area contributed by atoms with E-state index in [1.807, 2.05) is 35.7 Å². The summed E-state index contributed by atoms with van der Waals surface area (Å²) >= 11 is 3.28. The van der Waals surface area contributed by atoms with Crippen molar-refractivity contribution in [3.05, 3.63) is 76.0 Å². The Bertz CT molecular complexity index is 946. The second-order valence-corrected chi connectivity index (χ2v) is 7.28. The summed E-state index contributed by atoms with van der Waals surface area (Å²) in [4.78, 5) is 14.8. The van der Waals surface area contributed by atoms with E-state index in [9.17, 15) is 4.79 Å². The molecule has 0 aliphatic heterocycles. The van der Waals surface area contributed by atoms with Crippen LogP contribution in [0.15, 0.2) is 64.9 Å². The maximum absolute atomic E-state index is 12.7. The van der Waals surface area contributed by atoms with Gasteiger partial charge in [-0.1, -0.05) is 18.2 Å². The third-order valence-corrected chi connectivity index (χ3v) is 5.73. The van der Waals surface area contributed by atoms with Crippen LogP contribution in [0.25, 0.3) is 0 Å². The molecule has 0 N–H and O–H groups in total. The highest BCUT2D eigenvalue weighted by Gasteiger charge is 2.16. The SMILES string of the molecule is COc1cc(C#N)ccc1OC(=O)c1ccccc1SCc1cccs1. The molecule has 0 bridgehead atoms. The summed E-state index contributed by atoms with van der Waals surface area (Å²) in [7, 11) is 1.47. The molecule has 1 aromatic heterocycles. The van der Waals surface area contributed by atoms with Crippen LogP contribution in [0.5, 0.6) is 11.5 Å². The summed E-state index contributed by atoms with van der Waals surface area (Å²) in [6.07, 6.45) is 0. The molecule has 3 aromatic rings. The molecule has 0 radical (unpaired) electrons. The Morgan fingerprint density at radius 1 is 1.15 bits per heavy atom. The molecular formula is C20H15NO3S2. The number of carbonyl (C=O) groups excluding carboxylic acids is 1. The summed E-state index contributed by atoms with van der Waals surface area (Å²) in [6, 6.07) is 18.2. The molecule has 0 saturated carbocycles. The van der Waals surface area contributed by atoms with Crippen molar-refractivity contribution in [2.24, 2.45) is 0 Å². The molecule has 0 spiro atoms. The van der Waals surface area contributed by atoms with Crippen molar-refractivity contribution in [3.63, 3.8) is 0 Å². The van der Waals surface area contributed by atoms with Gasteiger partial charge in [-0.05, 0) is 35.7 Å². The number of methoxy groups -OCH3 is 1. The van der Waals surface area contributed by atoms with E-state index in [0.717, 1.165) is 10.6 Å². The molecule has 0 aliphatic carbocycles. The van der Waals surface area contributed by atoms with E-state index >= 15 is 0 Å². The van der Waals surface area contributed by atoms with E-state index < -0.39 is 5.97 Å². The number of esters is 1. The first-order chi connectivity index (χ1) is 12.7. The third-order valence-electron chi connectivity index (χ3n) is 3.55. The summed E-state index contributed by atoms with van der Waals surface area (Å²) in [6.45, 7) is 0. The summed E-state index contributed by atoms with van der Waals surface area (Å²) < 4.78 is 10.7. The average Bonchev–Trinajstić information content (AvgIpc) is 3.20. The number of nitrogens with zero attached hydrogens (tertiary/aromatic N) is 1. The van der Waals surface area contributed by atoms with E-state index in [-0.39, 0.29) is 5.75 Å². The zero-order chi connectivity index (χ0) is 18.4. The van der Waals surface area contributed by atoms with Crippen molar-refractivity contribution in [1.82, 2.24) is 0 Å². The van der Waals surface area contributed by atoms with Crippen LogP contribution in [0.2, 0.25) is 0 Å². The third kappa shape index (κ3) is 4.26. The molecule has 0 saturated heterocycles. The summed E-state index contributed by atoms with van der Waals surface area (Å²) in [5.41, 5.74) is 0.939. The summed E-state index contributed by atoms with van der Waals surface area (Å²) in [5, 5.41) is 11.0. The molecule has 3 rings (SSSR count). The van der Waals surface area contributed by atoms with Gasteiger partial charge in [0.1, 0.15) is 0 Å². The quantitative estimate of drug-likeness (QED) is 0.336.